The van der Waals surface area contributed by atoms with Gasteiger partial charge in [0.1, 0.15) is 0 Å². The van der Waals surface area contributed by atoms with Gasteiger partial charge < -0.3 is 10.2 Å². The monoisotopic (exact) mass is 391 g/mol. The summed E-state index contributed by atoms with van der Waals surface area (Å²) in [6.45, 7) is 4.57. The van der Waals surface area contributed by atoms with Crippen LogP contribution < -0.4 is 10.2 Å². The maximum absolute atomic E-state index is 12.6. The number of alkyl halides is 1. The second-order valence-corrected chi connectivity index (χ2v) is 7.43. The molecule has 0 aliphatic carbocycles. The molecule has 1 aliphatic rings. The number of amides is 2. The van der Waals surface area contributed by atoms with Crippen molar-refractivity contribution in [2.75, 3.05) is 16.8 Å². The van der Waals surface area contributed by atoms with Crippen molar-refractivity contribution in [1.82, 2.24) is 4.98 Å². The van der Waals surface area contributed by atoms with Gasteiger partial charge in [-0.2, -0.15) is 0 Å². The number of halogens is 1. The molecular formula is C19H22ClN3O2S. The van der Waals surface area contributed by atoms with E-state index in [1.54, 1.807) is 4.90 Å². The Labute approximate surface area is 162 Å². The molecule has 0 spiro atoms. The molecule has 1 atom stereocenters. The minimum Gasteiger partial charge on any atom is -0.311 e. The zero-order chi connectivity index (χ0) is 18.7. The summed E-state index contributed by atoms with van der Waals surface area (Å²) in [6.07, 6.45) is 1.93. The van der Waals surface area contributed by atoms with Crippen molar-refractivity contribution in [3.63, 3.8) is 0 Å². The Balaban J connectivity index is 1.77. The van der Waals surface area contributed by atoms with E-state index >= 15 is 0 Å². The van der Waals surface area contributed by atoms with Crippen LogP contribution in [0.4, 0.5) is 10.8 Å². The minimum absolute atomic E-state index is 0.00124. The highest BCUT2D eigenvalue weighted by Crippen LogP contribution is 2.33. The lowest BCUT2D eigenvalue weighted by molar-refractivity contribution is -0.122. The van der Waals surface area contributed by atoms with Crippen LogP contribution in [0.3, 0.4) is 0 Å². The van der Waals surface area contributed by atoms with Crippen LogP contribution in [0, 0.1) is 5.92 Å². The summed E-state index contributed by atoms with van der Waals surface area (Å²) in [5.41, 5.74) is 4.01. The summed E-state index contributed by atoms with van der Waals surface area (Å²) in [5.74, 6) is -0.222. The van der Waals surface area contributed by atoms with Crippen molar-refractivity contribution in [2.24, 2.45) is 5.92 Å². The van der Waals surface area contributed by atoms with Crippen molar-refractivity contribution < 1.29 is 9.59 Å². The molecule has 2 aromatic rings. The Morgan fingerprint density at radius 3 is 2.62 bits per heavy atom. The van der Waals surface area contributed by atoms with Gasteiger partial charge in [-0.15, -0.1) is 22.9 Å². The van der Waals surface area contributed by atoms with E-state index in [1.807, 2.05) is 11.4 Å². The smallest absolute Gasteiger partial charge is 0.231 e. The van der Waals surface area contributed by atoms with E-state index in [0.717, 1.165) is 35.3 Å². The fraction of sp³-hybridized carbons (Fsp3) is 0.421. The summed E-state index contributed by atoms with van der Waals surface area (Å²) in [6, 6.07) is 6.14. The van der Waals surface area contributed by atoms with Gasteiger partial charge in [-0.1, -0.05) is 32.0 Å². The number of nitrogens with zero attached hydrogens (tertiary/aromatic N) is 2. The van der Waals surface area contributed by atoms with E-state index in [0.29, 0.717) is 17.6 Å². The van der Waals surface area contributed by atoms with Gasteiger partial charge in [0, 0.05) is 24.0 Å². The lowest BCUT2D eigenvalue weighted by atomic mass is 10.0. The van der Waals surface area contributed by atoms with Crippen LogP contribution in [0.2, 0.25) is 0 Å². The van der Waals surface area contributed by atoms with Gasteiger partial charge in [-0.05, 0) is 24.0 Å². The number of carbonyl (C=O) groups is 2. The first-order chi connectivity index (χ1) is 12.6. The molecule has 138 valence electrons. The molecule has 7 heteroatoms. The topological polar surface area (TPSA) is 62.3 Å². The Bertz CT molecular complexity index is 799. The van der Waals surface area contributed by atoms with Crippen molar-refractivity contribution in [1.29, 1.82) is 0 Å². The molecule has 2 amide bonds. The van der Waals surface area contributed by atoms with Crippen molar-refractivity contribution in [3.05, 3.63) is 40.4 Å². The minimum atomic E-state index is -0.375. The number of hydrogen-bond acceptors (Lipinski definition) is 4. The normalized spacial score (nSPS) is 17.0. The molecule has 1 unspecified atom stereocenters. The average molecular weight is 392 g/mol. The summed E-state index contributed by atoms with van der Waals surface area (Å²) in [7, 11) is 0. The molecule has 1 aromatic carbocycles. The highest BCUT2D eigenvalue weighted by molar-refractivity contribution is 7.14. The Morgan fingerprint density at radius 1 is 1.35 bits per heavy atom. The SMILES string of the molecule is CCc1cccc(CC)c1N1CC(C(=O)Nc2nc(CCl)cs2)CC1=O. The van der Waals surface area contributed by atoms with E-state index in [-0.39, 0.29) is 24.2 Å². The maximum Gasteiger partial charge on any atom is 0.231 e. The third kappa shape index (κ3) is 3.76. The number of anilines is 2. The van der Waals surface area contributed by atoms with Crippen LogP contribution in [0.25, 0.3) is 0 Å². The van der Waals surface area contributed by atoms with E-state index in [9.17, 15) is 9.59 Å². The number of carbonyl (C=O) groups excluding carboxylic acids is 2. The lowest BCUT2D eigenvalue weighted by Gasteiger charge is -2.23. The summed E-state index contributed by atoms with van der Waals surface area (Å²) >= 11 is 7.09. The third-order valence-corrected chi connectivity index (χ3v) is 5.73. The first-order valence-electron chi connectivity index (χ1n) is 8.79. The second-order valence-electron chi connectivity index (χ2n) is 6.30. The van der Waals surface area contributed by atoms with Gasteiger partial charge in [0.15, 0.2) is 5.13 Å². The summed E-state index contributed by atoms with van der Waals surface area (Å²) < 4.78 is 0. The first-order valence-corrected chi connectivity index (χ1v) is 10.2. The summed E-state index contributed by atoms with van der Waals surface area (Å²) in [4.78, 5) is 31.3. The first kappa shape index (κ1) is 18.9. The summed E-state index contributed by atoms with van der Waals surface area (Å²) in [5, 5.41) is 5.17. The van der Waals surface area contributed by atoms with Crippen LogP contribution in [-0.2, 0) is 28.3 Å². The number of aromatic nitrogens is 1. The van der Waals surface area contributed by atoms with E-state index in [2.05, 4.69) is 36.3 Å². The van der Waals surface area contributed by atoms with Gasteiger partial charge in [0.25, 0.3) is 0 Å². The van der Waals surface area contributed by atoms with Gasteiger partial charge in [-0.25, -0.2) is 4.98 Å². The standard InChI is InChI=1S/C19H22ClN3O2S/c1-3-12-6-5-7-13(4-2)17(12)23-10-14(8-16(23)24)18(25)22-19-21-15(9-20)11-26-19/h5-7,11,14H,3-4,8-10H2,1-2H3,(H,21,22,25). The zero-order valence-electron chi connectivity index (χ0n) is 14.9. The van der Waals surface area contributed by atoms with Crippen molar-refractivity contribution in [3.8, 4) is 0 Å². The lowest BCUT2D eigenvalue weighted by Crippen LogP contribution is -2.29. The predicted molar refractivity (Wildman–Crippen MR) is 106 cm³/mol. The number of para-hydroxylation sites is 1. The Kier molecular flexibility index (Phi) is 5.94. The Hall–Kier alpha value is -1.92. The van der Waals surface area contributed by atoms with Crippen LogP contribution in [0.15, 0.2) is 23.6 Å². The molecule has 0 saturated carbocycles. The molecule has 1 aromatic heterocycles. The fourth-order valence-electron chi connectivity index (χ4n) is 3.29. The Morgan fingerprint density at radius 2 is 2.04 bits per heavy atom. The van der Waals surface area contributed by atoms with Gasteiger partial charge >= 0.3 is 0 Å². The predicted octanol–water partition coefficient (Wildman–Crippen LogP) is 4.00. The highest BCUT2D eigenvalue weighted by atomic mass is 35.5. The van der Waals surface area contributed by atoms with E-state index in [4.69, 9.17) is 11.6 Å². The number of nitrogens with one attached hydrogen (secondary N) is 1. The molecular weight excluding hydrogens is 370 g/mol. The zero-order valence-corrected chi connectivity index (χ0v) is 16.5. The molecule has 1 saturated heterocycles. The van der Waals surface area contributed by atoms with Crippen LogP contribution in [-0.4, -0.2) is 23.3 Å². The molecule has 0 bridgehead atoms. The fourth-order valence-corrected chi connectivity index (χ4v) is 4.24. The molecule has 1 N–H and O–H groups in total. The molecule has 3 rings (SSSR count). The molecule has 2 heterocycles. The van der Waals surface area contributed by atoms with Crippen LogP contribution in [0.1, 0.15) is 37.1 Å². The third-order valence-electron chi connectivity index (χ3n) is 4.65. The molecule has 26 heavy (non-hydrogen) atoms. The molecule has 1 aliphatic heterocycles. The number of hydrogen-bond donors (Lipinski definition) is 1. The van der Waals surface area contributed by atoms with E-state index in [1.165, 1.54) is 11.3 Å². The second kappa shape index (κ2) is 8.18. The van der Waals surface area contributed by atoms with E-state index < -0.39 is 0 Å². The van der Waals surface area contributed by atoms with Gasteiger partial charge in [-0.3, -0.25) is 9.59 Å². The number of aryl methyl sites for hydroxylation is 2. The average Bonchev–Trinajstić information content (AvgIpc) is 3.27. The molecule has 1 fully saturated rings. The molecule has 5 nitrogen and oxygen atoms in total. The number of rotatable bonds is 6. The van der Waals surface area contributed by atoms with Gasteiger partial charge in [0.05, 0.1) is 17.5 Å². The van der Waals surface area contributed by atoms with Gasteiger partial charge in [0.2, 0.25) is 11.8 Å². The number of thiazole rings is 1. The number of benzene rings is 1. The van der Waals surface area contributed by atoms with Crippen molar-refractivity contribution >= 4 is 45.6 Å². The van der Waals surface area contributed by atoms with Crippen LogP contribution in [0.5, 0.6) is 0 Å². The maximum atomic E-state index is 12.6. The quantitative estimate of drug-likeness (QED) is 0.757. The van der Waals surface area contributed by atoms with Crippen LogP contribution >= 0.6 is 22.9 Å². The largest absolute Gasteiger partial charge is 0.311 e. The van der Waals surface area contributed by atoms with Crippen molar-refractivity contribution in [2.45, 2.75) is 39.0 Å². The highest BCUT2D eigenvalue weighted by Gasteiger charge is 2.36. The molecule has 0 radical (unpaired) electrons.